The summed E-state index contributed by atoms with van der Waals surface area (Å²) < 4.78 is 0. The van der Waals surface area contributed by atoms with Crippen LogP contribution in [0.15, 0.2) is 54.7 Å². The van der Waals surface area contributed by atoms with E-state index < -0.39 is 0 Å². The summed E-state index contributed by atoms with van der Waals surface area (Å²) in [6.07, 6.45) is 4.80. The van der Waals surface area contributed by atoms with Gasteiger partial charge in [0.25, 0.3) is 0 Å². The Morgan fingerprint density at radius 2 is 1.87 bits per heavy atom. The van der Waals surface area contributed by atoms with Crippen molar-refractivity contribution in [1.82, 2.24) is 9.97 Å². The fourth-order valence-corrected chi connectivity index (χ4v) is 2.26. The van der Waals surface area contributed by atoms with Crippen LogP contribution in [-0.4, -0.2) is 15.9 Å². The van der Waals surface area contributed by atoms with Gasteiger partial charge in [-0.2, -0.15) is 0 Å². The Balaban J connectivity index is 1.75. The summed E-state index contributed by atoms with van der Waals surface area (Å²) >= 11 is 0. The van der Waals surface area contributed by atoms with Crippen LogP contribution in [0.1, 0.15) is 16.8 Å². The first-order valence-electron chi connectivity index (χ1n) is 7.40. The van der Waals surface area contributed by atoms with Crippen LogP contribution in [-0.2, 0) is 4.79 Å². The van der Waals surface area contributed by atoms with Crippen molar-refractivity contribution in [2.45, 2.75) is 13.8 Å². The molecule has 1 aromatic heterocycles. The number of carbonyl (C=O) groups excluding carboxylic acids is 1. The molecular weight excluding hydrogens is 286 g/mol. The molecule has 0 bridgehead atoms. The van der Waals surface area contributed by atoms with Gasteiger partial charge in [-0.1, -0.05) is 24.3 Å². The number of hydrogen-bond donors (Lipinski definition) is 1. The zero-order valence-corrected chi connectivity index (χ0v) is 13.1. The molecule has 1 amide bonds. The number of anilines is 1. The normalized spacial score (nSPS) is 11.0. The molecule has 1 heterocycles. The first-order valence-corrected chi connectivity index (χ1v) is 7.40. The van der Waals surface area contributed by atoms with Crippen LogP contribution >= 0.6 is 0 Å². The van der Waals surface area contributed by atoms with E-state index in [1.165, 1.54) is 6.08 Å². The molecule has 23 heavy (non-hydrogen) atoms. The van der Waals surface area contributed by atoms with Gasteiger partial charge >= 0.3 is 0 Å². The number of amides is 1. The summed E-state index contributed by atoms with van der Waals surface area (Å²) in [5.74, 6) is -0.186. The van der Waals surface area contributed by atoms with Gasteiger partial charge in [-0.3, -0.25) is 9.78 Å². The van der Waals surface area contributed by atoms with Crippen molar-refractivity contribution >= 4 is 28.7 Å². The largest absolute Gasteiger partial charge is 0.322 e. The second kappa shape index (κ2) is 6.40. The molecule has 3 aromatic rings. The van der Waals surface area contributed by atoms with Crippen LogP contribution in [0.3, 0.4) is 0 Å². The molecule has 4 heteroatoms. The summed E-state index contributed by atoms with van der Waals surface area (Å²) in [5.41, 5.74) is 5.26. The van der Waals surface area contributed by atoms with E-state index in [0.717, 1.165) is 27.8 Å². The molecule has 2 aromatic carbocycles. The molecule has 0 radical (unpaired) electrons. The average molecular weight is 303 g/mol. The topological polar surface area (TPSA) is 54.9 Å². The Morgan fingerprint density at radius 1 is 1.09 bits per heavy atom. The smallest absolute Gasteiger partial charge is 0.248 e. The van der Waals surface area contributed by atoms with E-state index in [-0.39, 0.29) is 5.91 Å². The number of aromatic nitrogens is 2. The number of rotatable bonds is 3. The number of para-hydroxylation sites is 2. The molecule has 114 valence electrons. The Morgan fingerprint density at radius 3 is 2.70 bits per heavy atom. The lowest BCUT2D eigenvalue weighted by atomic mass is 10.1. The van der Waals surface area contributed by atoms with Crippen LogP contribution in [0.4, 0.5) is 5.69 Å². The number of nitrogens with zero attached hydrogens (tertiary/aromatic N) is 2. The zero-order chi connectivity index (χ0) is 16.2. The zero-order valence-electron chi connectivity index (χ0n) is 13.1. The lowest BCUT2D eigenvalue weighted by Gasteiger charge is -2.07. The van der Waals surface area contributed by atoms with E-state index in [4.69, 9.17) is 0 Å². The molecule has 0 saturated heterocycles. The summed E-state index contributed by atoms with van der Waals surface area (Å²) in [7, 11) is 0. The van der Waals surface area contributed by atoms with Crippen molar-refractivity contribution in [3.63, 3.8) is 0 Å². The fraction of sp³-hybridized carbons (Fsp3) is 0.105. The Hall–Kier alpha value is -3.01. The van der Waals surface area contributed by atoms with E-state index >= 15 is 0 Å². The maximum atomic E-state index is 12.1. The molecule has 1 N–H and O–H groups in total. The van der Waals surface area contributed by atoms with E-state index in [1.54, 1.807) is 12.3 Å². The number of nitrogens with one attached hydrogen (secondary N) is 1. The van der Waals surface area contributed by atoms with Crippen LogP contribution in [0, 0.1) is 13.8 Å². The highest BCUT2D eigenvalue weighted by molar-refractivity contribution is 6.02. The molecule has 4 nitrogen and oxygen atoms in total. The molecule has 0 aliphatic carbocycles. The Labute approximate surface area is 134 Å². The molecular formula is C19H17N3O. The van der Waals surface area contributed by atoms with Gasteiger partial charge in [0.05, 0.1) is 22.9 Å². The van der Waals surface area contributed by atoms with Gasteiger partial charge in [0, 0.05) is 11.8 Å². The van der Waals surface area contributed by atoms with Gasteiger partial charge in [-0.15, -0.1) is 0 Å². The van der Waals surface area contributed by atoms with Crippen molar-refractivity contribution in [3.05, 3.63) is 71.6 Å². The van der Waals surface area contributed by atoms with Crippen molar-refractivity contribution in [2.75, 3.05) is 5.32 Å². The third kappa shape index (κ3) is 3.61. The van der Waals surface area contributed by atoms with Crippen molar-refractivity contribution < 1.29 is 4.79 Å². The Kier molecular flexibility index (Phi) is 4.15. The van der Waals surface area contributed by atoms with Crippen molar-refractivity contribution in [1.29, 1.82) is 0 Å². The highest BCUT2D eigenvalue weighted by Crippen LogP contribution is 2.16. The van der Waals surface area contributed by atoms with Crippen LogP contribution in [0.2, 0.25) is 0 Å². The van der Waals surface area contributed by atoms with E-state index in [0.29, 0.717) is 5.69 Å². The minimum atomic E-state index is -0.186. The summed E-state index contributed by atoms with van der Waals surface area (Å²) in [5, 5.41) is 2.88. The number of hydrogen-bond acceptors (Lipinski definition) is 3. The van der Waals surface area contributed by atoms with Crippen LogP contribution in [0.25, 0.3) is 17.1 Å². The maximum Gasteiger partial charge on any atom is 0.248 e. The van der Waals surface area contributed by atoms with Crippen LogP contribution < -0.4 is 5.32 Å². The predicted octanol–water partition coefficient (Wildman–Crippen LogP) is 3.90. The second-order valence-electron chi connectivity index (χ2n) is 5.42. The van der Waals surface area contributed by atoms with Gasteiger partial charge in [0.2, 0.25) is 5.91 Å². The minimum Gasteiger partial charge on any atom is -0.322 e. The third-order valence-electron chi connectivity index (χ3n) is 3.52. The Bertz CT molecular complexity index is 900. The summed E-state index contributed by atoms with van der Waals surface area (Å²) in [6, 6.07) is 13.6. The molecule has 3 rings (SSSR count). The standard InChI is InChI=1S/C19H17N3O/c1-13-7-8-14(2)18(11-13)22-19(23)10-9-15-12-20-16-5-3-4-6-17(16)21-15/h3-12H,1-2H3,(H,22,23). The molecule has 0 aliphatic heterocycles. The van der Waals surface area contributed by atoms with Gasteiger partial charge in [0.1, 0.15) is 0 Å². The average Bonchev–Trinajstić information content (AvgIpc) is 2.56. The van der Waals surface area contributed by atoms with Gasteiger partial charge < -0.3 is 5.32 Å². The van der Waals surface area contributed by atoms with Crippen LogP contribution in [0.5, 0.6) is 0 Å². The lowest BCUT2D eigenvalue weighted by molar-refractivity contribution is -0.111. The first-order chi connectivity index (χ1) is 11.1. The molecule has 0 aliphatic rings. The third-order valence-corrected chi connectivity index (χ3v) is 3.52. The molecule has 0 unspecified atom stereocenters. The van der Waals surface area contributed by atoms with Gasteiger partial charge in [0.15, 0.2) is 0 Å². The molecule has 0 fully saturated rings. The first kappa shape index (κ1) is 14.9. The quantitative estimate of drug-likeness (QED) is 0.747. The van der Waals surface area contributed by atoms with Crippen molar-refractivity contribution in [2.24, 2.45) is 0 Å². The predicted molar refractivity (Wildman–Crippen MR) is 93.1 cm³/mol. The highest BCUT2D eigenvalue weighted by Gasteiger charge is 2.02. The lowest BCUT2D eigenvalue weighted by Crippen LogP contribution is -2.09. The number of carbonyl (C=O) groups is 1. The molecule has 0 atom stereocenters. The molecule has 0 spiro atoms. The van der Waals surface area contributed by atoms with E-state index in [9.17, 15) is 4.79 Å². The number of aryl methyl sites for hydroxylation is 2. The fourth-order valence-electron chi connectivity index (χ4n) is 2.26. The van der Waals surface area contributed by atoms with Gasteiger partial charge in [-0.05, 0) is 49.2 Å². The second-order valence-corrected chi connectivity index (χ2v) is 5.42. The molecule has 0 saturated carbocycles. The number of fused-ring (bicyclic) bond motifs is 1. The summed E-state index contributed by atoms with van der Waals surface area (Å²) in [4.78, 5) is 20.8. The minimum absolute atomic E-state index is 0.186. The summed E-state index contributed by atoms with van der Waals surface area (Å²) in [6.45, 7) is 3.96. The highest BCUT2D eigenvalue weighted by atomic mass is 16.1. The van der Waals surface area contributed by atoms with E-state index in [2.05, 4.69) is 15.3 Å². The van der Waals surface area contributed by atoms with Crippen molar-refractivity contribution in [3.8, 4) is 0 Å². The number of benzene rings is 2. The SMILES string of the molecule is Cc1ccc(C)c(NC(=O)C=Cc2cnc3ccccc3n2)c1. The van der Waals surface area contributed by atoms with Gasteiger partial charge in [-0.25, -0.2) is 4.98 Å². The monoisotopic (exact) mass is 303 g/mol. The maximum absolute atomic E-state index is 12.1. The van der Waals surface area contributed by atoms with E-state index in [1.807, 2.05) is 56.3 Å².